The first kappa shape index (κ1) is 17.9. The summed E-state index contributed by atoms with van der Waals surface area (Å²) in [6.45, 7) is 2.83. The van der Waals surface area contributed by atoms with Gasteiger partial charge in [-0.25, -0.2) is 4.79 Å². The predicted octanol–water partition coefficient (Wildman–Crippen LogP) is 3.62. The van der Waals surface area contributed by atoms with Gasteiger partial charge in [0.1, 0.15) is 18.1 Å². The topological polar surface area (TPSA) is 83.7 Å². The number of methoxy groups -OCH3 is 1. The second-order valence-corrected chi connectivity index (χ2v) is 6.69. The molecule has 1 saturated heterocycles. The number of H-pyrrole nitrogens is 1. The minimum atomic E-state index is -0.345. The third-order valence-electron chi connectivity index (χ3n) is 4.86. The Bertz CT molecular complexity index is 1040. The van der Waals surface area contributed by atoms with Crippen LogP contribution >= 0.6 is 0 Å². The van der Waals surface area contributed by atoms with Crippen molar-refractivity contribution in [2.24, 2.45) is 0 Å². The Kier molecular flexibility index (Phi) is 4.65. The van der Waals surface area contributed by atoms with E-state index in [1.807, 2.05) is 55.5 Å². The molecule has 3 aromatic rings. The summed E-state index contributed by atoms with van der Waals surface area (Å²) in [7, 11) is 1.61. The van der Waals surface area contributed by atoms with E-state index in [-0.39, 0.29) is 18.0 Å². The van der Waals surface area contributed by atoms with Crippen molar-refractivity contribution < 1.29 is 19.1 Å². The third kappa shape index (κ3) is 3.38. The average molecular weight is 379 g/mol. The molecule has 2 heterocycles. The van der Waals surface area contributed by atoms with Gasteiger partial charge in [0, 0.05) is 22.7 Å². The summed E-state index contributed by atoms with van der Waals surface area (Å²) in [5.74, 6) is 0.528. The zero-order valence-corrected chi connectivity index (χ0v) is 15.7. The minimum absolute atomic E-state index is 0.200. The number of anilines is 1. The molecule has 4 rings (SSSR count). The van der Waals surface area contributed by atoms with Gasteiger partial charge in [0.05, 0.1) is 19.7 Å². The van der Waals surface area contributed by atoms with Crippen molar-refractivity contribution in [3.63, 3.8) is 0 Å². The number of rotatable bonds is 5. The van der Waals surface area contributed by atoms with Crippen molar-refractivity contribution >= 4 is 28.6 Å². The van der Waals surface area contributed by atoms with Crippen LogP contribution in [0.25, 0.3) is 10.9 Å². The van der Waals surface area contributed by atoms with Gasteiger partial charge >= 0.3 is 6.09 Å². The lowest BCUT2D eigenvalue weighted by Crippen LogP contribution is -2.27. The van der Waals surface area contributed by atoms with Crippen LogP contribution < -0.4 is 15.0 Å². The summed E-state index contributed by atoms with van der Waals surface area (Å²) >= 11 is 0. The highest BCUT2D eigenvalue weighted by atomic mass is 16.6. The molecule has 1 aromatic heterocycles. The monoisotopic (exact) mass is 379 g/mol. The number of carbonyl (C=O) groups excluding carboxylic acids is 2. The van der Waals surface area contributed by atoms with E-state index in [1.165, 1.54) is 0 Å². The number of cyclic esters (lactones) is 1. The lowest BCUT2D eigenvalue weighted by Gasteiger charge is -2.18. The highest BCUT2D eigenvalue weighted by Crippen LogP contribution is 2.24. The van der Waals surface area contributed by atoms with Crippen LogP contribution in [-0.2, 0) is 4.74 Å². The number of ether oxygens (including phenoxy) is 2. The maximum Gasteiger partial charge on any atom is 0.414 e. The zero-order chi connectivity index (χ0) is 19.7. The number of benzene rings is 2. The van der Waals surface area contributed by atoms with Crippen LogP contribution in [0, 0.1) is 0 Å². The lowest BCUT2D eigenvalue weighted by molar-refractivity contribution is 0.0935. The molecule has 0 radical (unpaired) electrons. The molecule has 2 N–H and O–H groups in total. The maximum absolute atomic E-state index is 12.7. The Morgan fingerprint density at radius 3 is 2.86 bits per heavy atom. The minimum Gasteiger partial charge on any atom is -0.497 e. The fourth-order valence-corrected chi connectivity index (χ4v) is 3.30. The van der Waals surface area contributed by atoms with E-state index < -0.39 is 0 Å². The molecule has 1 aliphatic rings. The van der Waals surface area contributed by atoms with Crippen molar-refractivity contribution in [2.75, 3.05) is 25.2 Å². The van der Waals surface area contributed by atoms with Gasteiger partial charge in [-0.3, -0.25) is 9.69 Å². The highest BCUT2D eigenvalue weighted by molar-refractivity contribution is 5.98. The molecule has 0 aliphatic carbocycles. The van der Waals surface area contributed by atoms with Crippen molar-refractivity contribution in [3.05, 3.63) is 59.8 Å². The van der Waals surface area contributed by atoms with Crippen LogP contribution in [0.1, 0.15) is 29.0 Å². The molecule has 0 spiro atoms. The number of hydrogen-bond donors (Lipinski definition) is 2. The van der Waals surface area contributed by atoms with Crippen LogP contribution in [0.4, 0.5) is 10.5 Å². The van der Waals surface area contributed by atoms with Gasteiger partial charge < -0.3 is 19.8 Å². The number of aromatic amines is 1. The van der Waals surface area contributed by atoms with E-state index >= 15 is 0 Å². The number of carbonyl (C=O) groups is 2. The molecule has 28 heavy (non-hydrogen) atoms. The van der Waals surface area contributed by atoms with E-state index in [1.54, 1.807) is 12.0 Å². The maximum atomic E-state index is 12.7. The SMILES string of the molecule is COc1ccc2cc(C(=O)N[C@H](C)c3cccc(N4CCOC4=O)c3)[nH]c2c1. The summed E-state index contributed by atoms with van der Waals surface area (Å²) < 4.78 is 10.2. The Hall–Kier alpha value is -3.48. The molecule has 7 nitrogen and oxygen atoms in total. The highest BCUT2D eigenvalue weighted by Gasteiger charge is 2.24. The molecule has 1 atom stereocenters. The molecule has 7 heteroatoms. The lowest BCUT2D eigenvalue weighted by atomic mass is 10.1. The van der Waals surface area contributed by atoms with Gasteiger partial charge in [-0.1, -0.05) is 12.1 Å². The average Bonchev–Trinajstić information content (AvgIpc) is 3.33. The molecule has 0 unspecified atom stereocenters. The van der Waals surface area contributed by atoms with Crippen LogP contribution in [0.15, 0.2) is 48.5 Å². The normalized spacial score (nSPS) is 14.8. The smallest absolute Gasteiger partial charge is 0.414 e. The first-order valence-electron chi connectivity index (χ1n) is 9.07. The van der Waals surface area contributed by atoms with Crippen molar-refractivity contribution in [1.82, 2.24) is 10.3 Å². The quantitative estimate of drug-likeness (QED) is 0.709. The van der Waals surface area contributed by atoms with Gasteiger partial charge in [0.15, 0.2) is 0 Å². The molecule has 0 bridgehead atoms. The molecule has 1 fully saturated rings. The Balaban J connectivity index is 1.51. The Labute approximate surface area is 162 Å². The first-order valence-corrected chi connectivity index (χ1v) is 9.07. The largest absolute Gasteiger partial charge is 0.497 e. The standard InChI is InChI=1S/C21H21N3O4/c1-13(14-4-3-5-16(10-14)24-8-9-28-21(24)26)22-20(25)19-11-15-6-7-17(27-2)12-18(15)23-19/h3-7,10-13,23H,8-9H2,1-2H3,(H,22,25)/t13-/m1/s1. The Morgan fingerprint density at radius 2 is 2.11 bits per heavy atom. The van der Waals surface area contributed by atoms with E-state index in [0.717, 1.165) is 27.9 Å². The van der Waals surface area contributed by atoms with Crippen LogP contribution in [0.5, 0.6) is 5.75 Å². The van der Waals surface area contributed by atoms with Crippen LogP contribution in [0.3, 0.4) is 0 Å². The zero-order valence-electron chi connectivity index (χ0n) is 15.7. The summed E-state index contributed by atoms with van der Waals surface area (Å²) in [4.78, 5) is 29.2. The van der Waals surface area contributed by atoms with Gasteiger partial charge in [-0.2, -0.15) is 0 Å². The molecule has 144 valence electrons. The molecule has 2 aromatic carbocycles. The second-order valence-electron chi connectivity index (χ2n) is 6.69. The number of fused-ring (bicyclic) bond motifs is 1. The predicted molar refractivity (Wildman–Crippen MR) is 106 cm³/mol. The number of hydrogen-bond acceptors (Lipinski definition) is 4. The number of nitrogens with zero attached hydrogens (tertiary/aromatic N) is 1. The molecular weight excluding hydrogens is 358 g/mol. The third-order valence-corrected chi connectivity index (χ3v) is 4.86. The van der Waals surface area contributed by atoms with Gasteiger partial charge in [-0.15, -0.1) is 0 Å². The molecular formula is C21H21N3O4. The molecule has 0 saturated carbocycles. The molecule has 2 amide bonds. The second kappa shape index (κ2) is 7.26. The number of aromatic nitrogens is 1. The molecule has 1 aliphatic heterocycles. The van der Waals surface area contributed by atoms with E-state index in [9.17, 15) is 9.59 Å². The van der Waals surface area contributed by atoms with Crippen LogP contribution in [0.2, 0.25) is 0 Å². The summed E-state index contributed by atoms with van der Waals surface area (Å²) in [6, 6.07) is 14.7. The summed E-state index contributed by atoms with van der Waals surface area (Å²) in [5, 5.41) is 3.93. The summed E-state index contributed by atoms with van der Waals surface area (Å²) in [6.07, 6.45) is -0.345. The van der Waals surface area contributed by atoms with Crippen molar-refractivity contribution in [2.45, 2.75) is 13.0 Å². The summed E-state index contributed by atoms with van der Waals surface area (Å²) in [5.41, 5.74) is 2.99. The van der Waals surface area contributed by atoms with E-state index in [0.29, 0.717) is 18.8 Å². The van der Waals surface area contributed by atoms with Gasteiger partial charge in [-0.05, 0) is 42.8 Å². The first-order chi connectivity index (χ1) is 13.5. The van der Waals surface area contributed by atoms with E-state index in [2.05, 4.69) is 10.3 Å². The fourth-order valence-electron chi connectivity index (χ4n) is 3.30. The van der Waals surface area contributed by atoms with Gasteiger partial charge in [0.2, 0.25) is 0 Å². The number of nitrogens with one attached hydrogen (secondary N) is 2. The van der Waals surface area contributed by atoms with Crippen molar-refractivity contribution in [3.8, 4) is 5.75 Å². The van der Waals surface area contributed by atoms with Crippen LogP contribution in [-0.4, -0.2) is 37.2 Å². The van der Waals surface area contributed by atoms with Gasteiger partial charge in [0.25, 0.3) is 5.91 Å². The number of amides is 2. The van der Waals surface area contributed by atoms with Crippen molar-refractivity contribution in [1.29, 1.82) is 0 Å². The van der Waals surface area contributed by atoms with E-state index in [4.69, 9.17) is 9.47 Å². The Morgan fingerprint density at radius 1 is 1.25 bits per heavy atom. The fraction of sp³-hybridized carbons (Fsp3) is 0.238.